The summed E-state index contributed by atoms with van der Waals surface area (Å²) in [6.07, 6.45) is 4.83. The van der Waals surface area contributed by atoms with Crippen LogP contribution in [0.1, 0.15) is 18.4 Å². The molecule has 6 heteroatoms. The van der Waals surface area contributed by atoms with Crippen molar-refractivity contribution >= 4 is 10.9 Å². The zero-order chi connectivity index (χ0) is 22.4. The highest BCUT2D eigenvalue weighted by molar-refractivity contribution is 5.83. The molecule has 1 aliphatic heterocycles. The van der Waals surface area contributed by atoms with Crippen LogP contribution in [0, 0.1) is 0 Å². The van der Waals surface area contributed by atoms with Crippen molar-refractivity contribution in [3.63, 3.8) is 0 Å². The lowest BCUT2D eigenvalue weighted by Crippen LogP contribution is -2.46. The number of hydrogen-bond acceptors (Lipinski definition) is 5. The first-order valence-corrected chi connectivity index (χ1v) is 11.1. The van der Waals surface area contributed by atoms with Gasteiger partial charge < -0.3 is 29.2 Å². The maximum Gasteiger partial charge on any atom is 0.161 e. The first-order chi connectivity index (χ1) is 15.6. The number of benzene rings is 2. The fourth-order valence-electron chi connectivity index (χ4n) is 4.54. The molecule has 32 heavy (non-hydrogen) atoms. The zero-order valence-corrected chi connectivity index (χ0v) is 18.6. The van der Waals surface area contributed by atoms with E-state index in [0.29, 0.717) is 24.7 Å². The Morgan fingerprint density at radius 2 is 1.84 bits per heavy atom. The highest BCUT2D eigenvalue weighted by Crippen LogP contribution is 2.39. The van der Waals surface area contributed by atoms with Crippen molar-refractivity contribution in [1.82, 2.24) is 9.88 Å². The third-order valence-corrected chi connectivity index (χ3v) is 6.25. The van der Waals surface area contributed by atoms with Crippen molar-refractivity contribution < 1.29 is 19.3 Å². The molecule has 2 N–H and O–H groups in total. The van der Waals surface area contributed by atoms with Crippen molar-refractivity contribution in [1.29, 1.82) is 0 Å². The van der Waals surface area contributed by atoms with E-state index >= 15 is 0 Å². The van der Waals surface area contributed by atoms with Crippen LogP contribution in [0.2, 0.25) is 0 Å². The molecular weight excluding hydrogens is 404 g/mol. The number of β-amino-alcohol motifs (C(OH)–C–C–N with tert-alkyl or cyclic N) is 1. The maximum atomic E-state index is 10.6. The molecular formula is C26H32N2O4. The minimum absolute atomic E-state index is 0.211. The molecule has 1 atom stereocenters. The largest absolute Gasteiger partial charge is 0.487 e. The van der Waals surface area contributed by atoms with Gasteiger partial charge in [-0.15, -0.1) is 0 Å². The number of nitrogens with one attached hydrogen (secondary N) is 1. The summed E-state index contributed by atoms with van der Waals surface area (Å²) in [4.78, 5) is 5.57. The monoisotopic (exact) mass is 436 g/mol. The summed E-state index contributed by atoms with van der Waals surface area (Å²) in [5.74, 6) is 1.28. The lowest BCUT2D eigenvalue weighted by molar-refractivity contribution is -0.0678. The number of methoxy groups -OCH3 is 1. The van der Waals surface area contributed by atoms with E-state index in [1.54, 1.807) is 13.2 Å². The van der Waals surface area contributed by atoms with Crippen LogP contribution in [0.5, 0.6) is 11.5 Å². The molecule has 2 heterocycles. The van der Waals surface area contributed by atoms with Crippen LogP contribution in [0.25, 0.3) is 10.9 Å². The standard InChI is InChI=1S/C26H32N2O4/c1-3-17-31-24-9-4-5-10-25(24)32-19-20(29)18-28-15-12-26(30-2,13-16-28)22-7-6-8-23-21(22)11-14-27-23/h3-11,14,20,27,29H,1,12-13,15-19H2,2H3. The van der Waals surface area contributed by atoms with E-state index in [-0.39, 0.29) is 12.2 Å². The Kier molecular flexibility index (Phi) is 7.15. The van der Waals surface area contributed by atoms with Gasteiger partial charge in [-0.2, -0.15) is 0 Å². The lowest BCUT2D eigenvalue weighted by atomic mass is 9.82. The minimum atomic E-state index is -0.592. The summed E-state index contributed by atoms with van der Waals surface area (Å²) in [5, 5.41) is 11.8. The summed E-state index contributed by atoms with van der Waals surface area (Å²) >= 11 is 0. The molecule has 0 saturated carbocycles. The third kappa shape index (κ3) is 4.83. The van der Waals surface area contributed by atoms with Gasteiger partial charge in [0.2, 0.25) is 0 Å². The Hall–Kier alpha value is -2.80. The van der Waals surface area contributed by atoms with E-state index < -0.39 is 6.10 Å². The lowest BCUT2D eigenvalue weighted by Gasteiger charge is -2.42. The average molecular weight is 437 g/mol. The topological polar surface area (TPSA) is 66.9 Å². The van der Waals surface area contributed by atoms with E-state index in [9.17, 15) is 5.11 Å². The Labute approximate surface area is 189 Å². The quantitative estimate of drug-likeness (QED) is 0.468. The maximum absolute atomic E-state index is 10.6. The van der Waals surface area contributed by atoms with Crippen LogP contribution in [0.3, 0.4) is 0 Å². The average Bonchev–Trinajstić information content (AvgIpc) is 3.32. The van der Waals surface area contributed by atoms with Crippen molar-refractivity contribution in [2.45, 2.75) is 24.5 Å². The molecule has 0 aliphatic carbocycles. The number of aliphatic hydroxyl groups excluding tert-OH is 1. The van der Waals surface area contributed by atoms with Gasteiger partial charge in [-0.05, 0) is 42.7 Å². The summed E-state index contributed by atoms with van der Waals surface area (Å²) in [5.41, 5.74) is 2.06. The third-order valence-electron chi connectivity index (χ3n) is 6.25. The van der Waals surface area contributed by atoms with Gasteiger partial charge >= 0.3 is 0 Å². The van der Waals surface area contributed by atoms with Crippen LogP contribution in [0.4, 0.5) is 0 Å². The van der Waals surface area contributed by atoms with Gasteiger partial charge in [-0.3, -0.25) is 0 Å². The number of para-hydroxylation sites is 2. The summed E-state index contributed by atoms with van der Waals surface area (Å²) in [6, 6.07) is 16.0. The van der Waals surface area contributed by atoms with Crippen LogP contribution in [-0.2, 0) is 10.3 Å². The van der Waals surface area contributed by atoms with Gasteiger partial charge in [0.05, 0.1) is 5.60 Å². The molecule has 1 saturated heterocycles. The normalized spacial score (nSPS) is 17.2. The first kappa shape index (κ1) is 22.4. The minimum Gasteiger partial charge on any atom is -0.487 e. The summed E-state index contributed by atoms with van der Waals surface area (Å²) in [6.45, 7) is 6.56. The van der Waals surface area contributed by atoms with Crippen molar-refractivity contribution in [2.24, 2.45) is 0 Å². The van der Waals surface area contributed by atoms with Crippen molar-refractivity contribution in [2.75, 3.05) is 40.0 Å². The number of likely N-dealkylation sites (tertiary alicyclic amines) is 1. The van der Waals surface area contributed by atoms with E-state index in [4.69, 9.17) is 14.2 Å². The second-order valence-corrected chi connectivity index (χ2v) is 8.25. The molecule has 1 fully saturated rings. The number of hydrogen-bond donors (Lipinski definition) is 2. The number of nitrogens with zero attached hydrogens (tertiary/aromatic N) is 1. The Bertz CT molecular complexity index is 1020. The van der Waals surface area contributed by atoms with E-state index in [2.05, 4.69) is 40.7 Å². The fraction of sp³-hybridized carbons (Fsp3) is 0.385. The van der Waals surface area contributed by atoms with Gasteiger partial charge in [0.1, 0.15) is 19.3 Å². The van der Waals surface area contributed by atoms with Gasteiger partial charge in [0.25, 0.3) is 0 Å². The molecule has 3 aromatic rings. The highest BCUT2D eigenvalue weighted by Gasteiger charge is 2.37. The predicted molar refractivity (Wildman–Crippen MR) is 126 cm³/mol. The molecule has 1 unspecified atom stereocenters. The Morgan fingerprint density at radius 1 is 1.09 bits per heavy atom. The summed E-state index contributed by atoms with van der Waals surface area (Å²) < 4.78 is 17.6. The number of H-pyrrole nitrogens is 1. The Morgan fingerprint density at radius 3 is 2.56 bits per heavy atom. The van der Waals surface area contributed by atoms with Crippen LogP contribution in [-0.4, -0.2) is 61.1 Å². The van der Waals surface area contributed by atoms with Crippen LogP contribution in [0.15, 0.2) is 67.4 Å². The van der Waals surface area contributed by atoms with Gasteiger partial charge in [0.15, 0.2) is 11.5 Å². The second kappa shape index (κ2) is 10.2. The van der Waals surface area contributed by atoms with Crippen LogP contribution < -0.4 is 9.47 Å². The van der Waals surface area contributed by atoms with E-state index in [0.717, 1.165) is 31.4 Å². The number of aromatic nitrogens is 1. The van der Waals surface area contributed by atoms with E-state index in [1.165, 1.54) is 10.9 Å². The smallest absolute Gasteiger partial charge is 0.161 e. The number of rotatable bonds is 10. The highest BCUT2D eigenvalue weighted by atomic mass is 16.5. The number of ether oxygens (including phenoxy) is 3. The molecule has 1 aliphatic rings. The molecule has 4 rings (SSSR count). The van der Waals surface area contributed by atoms with Crippen molar-refractivity contribution in [3.8, 4) is 11.5 Å². The molecule has 0 spiro atoms. The molecule has 2 aromatic carbocycles. The molecule has 0 bridgehead atoms. The molecule has 6 nitrogen and oxygen atoms in total. The SMILES string of the molecule is C=CCOc1ccccc1OCC(O)CN1CCC(OC)(c2cccc3[nH]ccc23)CC1. The molecule has 0 radical (unpaired) electrons. The van der Waals surface area contributed by atoms with Crippen molar-refractivity contribution in [3.05, 3.63) is 72.9 Å². The Balaban J connectivity index is 1.33. The van der Waals surface area contributed by atoms with Gasteiger partial charge in [-0.1, -0.05) is 36.9 Å². The number of fused-ring (bicyclic) bond motifs is 1. The fourth-order valence-corrected chi connectivity index (χ4v) is 4.54. The molecule has 0 amide bonds. The van der Waals surface area contributed by atoms with E-state index in [1.807, 2.05) is 30.5 Å². The first-order valence-electron chi connectivity index (χ1n) is 11.1. The van der Waals surface area contributed by atoms with Gasteiger partial charge in [0, 0.05) is 43.8 Å². The molecule has 1 aromatic heterocycles. The predicted octanol–water partition coefficient (Wildman–Crippen LogP) is 4.11. The number of aromatic amines is 1. The number of piperidine rings is 1. The van der Waals surface area contributed by atoms with Gasteiger partial charge in [-0.25, -0.2) is 0 Å². The summed E-state index contributed by atoms with van der Waals surface area (Å²) in [7, 11) is 1.80. The molecule has 170 valence electrons. The second-order valence-electron chi connectivity index (χ2n) is 8.25. The zero-order valence-electron chi connectivity index (χ0n) is 18.6. The van der Waals surface area contributed by atoms with Crippen LogP contribution >= 0.6 is 0 Å². The number of aliphatic hydroxyl groups is 1.